The van der Waals surface area contributed by atoms with Crippen molar-refractivity contribution in [2.75, 3.05) is 0 Å². The summed E-state index contributed by atoms with van der Waals surface area (Å²) in [4.78, 5) is 27.6. The van der Waals surface area contributed by atoms with Crippen LogP contribution in [0, 0.1) is 5.92 Å². The van der Waals surface area contributed by atoms with E-state index in [4.69, 9.17) is 4.74 Å². The maximum atomic E-state index is 13.3. The van der Waals surface area contributed by atoms with Gasteiger partial charge in [0.25, 0.3) is 5.91 Å². The summed E-state index contributed by atoms with van der Waals surface area (Å²) < 4.78 is 5.74. The molecule has 4 rings (SSSR count). The summed E-state index contributed by atoms with van der Waals surface area (Å²) in [5, 5.41) is 3.09. The van der Waals surface area contributed by atoms with Crippen molar-refractivity contribution in [3.8, 4) is 0 Å². The lowest BCUT2D eigenvalue weighted by molar-refractivity contribution is -0.159. The zero-order valence-corrected chi connectivity index (χ0v) is 18.9. The fourth-order valence-electron chi connectivity index (χ4n) is 4.46. The number of carbonyl (C=O) groups excluding carboxylic acids is 2. The van der Waals surface area contributed by atoms with Gasteiger partial charge in [0.15, 0.2) is 6.10 Å². The van der Waals surface area contributed by atoms with Crippen molar-refractivity contribution in [2.24, 2.45) is 5.92 Å². The SMILES string of the molecule is CC(=O)OC(C(=O)NC1CC1)[C@H](CC1CCC1)N(Cc1ccccc1)Cc1ccccc1. The van der Waals surface area contributed by atoms with Crippen LogP contribution in [0.15, 0.2) is 60.7 Å². The quantitative estimate of drug-likeness (QED) is 0.531. The molecule has 32 heavy (non-hydrogen) atoms. The van der Waals surface area contributed by atoms with Crippen LogP contribution in [0.3, 0.4) is 0 Å². The lowest BCUT2D eigenvalue weighted by atomic mass is 9.79. The second-order valence-electron chi connectivity index (χ2n) is 9.29. The third-order valence-electron chi connectivity index (χ3n) is 6.55. The Hall–Kier alpha value is -2.66. The number of hydrogen-bond donors (Lipinski definition) is 1. The van der Waals surface area contributed by atoms with Gasteiger partial charge >= 0.3 is 5.97 Å². The molecular formula is C27H34N2O3. The van der Waals surface area contributed by atoms with Gasteiger partial charge in [-0.05, 0) is 36.3 Å². The number of rotatable bonds is 11. The number of benzene rings is 2. The highest BCUT2D eigenvalue weighted by Gasteiger charge is 2.40. The summed E-state index contributed by atoms with van der Waals surface area (Å²) in [5.74, 6) is 0.0119. The Morgan fingerprint density at radius 3 is 1.94 bits per heavy atom. The number of amides is 1. The molecule has 2 aliphatic rings. The Morgan fingerprint density at radius 1 is 0.938 bits per heavy atom. The van der Waals surface area contributed by atoms with E-state index in [1.54, 1.807) is 0 Å². The minimum absolute atomic E-state index is 0.154. The summed E-state index contributed by atoms with van der Waals surface area (Å²) in [6.45, 7) is 2.79. The molecular weight excluding hydrogens is 400 g/mol. The molecule has 0 aliphatic heterocycles. The monoisotopic (exact) mass is 434 g/mol. The van der Waals surface area contributed by atoms with Crippen LogP contribution in [-0.4, -0.2) is 35.0 Å². The fourth-order valence-corrected chi connectivity index (χ4v) is 4.46. The van der Waals surface area contributed by atoms with Crippen molar-refractivity contribution in [1.82, 2.24) is 10.2 Å². The van der Waals surface area contributed by atoms with Gasteiger partial charge in [-0.2, -0.15) is 0 Å². The highest BCUT2D eigenvalue weighted by Crippen LogP contribution is 2.34. The molecule has 2 aliphatic carbocycles. The number of hydrogen-bond acceptors (Lipinski definition) is 4. The lowest BCUT2D eigenvalue weighted by Gasteiger charge is -2.40. The smallest absolute Gasteiger partial charge is 0.303 e. The zero-order chi connectivity index (χ0) is 22.3. The number of esters is 1. The normalized spacial score (nSPS) is 17.9. The Balaban J connectivity index is 1.64. The van der Waals surface area contributed by atoms with E-state index in [0.717, 1.165) is 19.3 Å². The molecule has 170 valence electrons. The number of ether oxygens (including phenoxy) is 1. The number of nitrogens with one attached hydrogen (secondary N) is 1. The van der Waals surface area contributed by atoms with E-state index in [-0.39, 0.29) is 18.0 Å². The fraction of sp³-hybridized carbons (Fsp3) is 0.481. The van der Waals surface area contributed by atoms with Crippen LogP contribution < -0.4 is 5.32 Å². The van der Waals surface area contributed by atoms with Gasteiger partial charge in [-0.1, -0.05) is 79.9 Å². The van der Waals surface area contributed by atoms with Crippen molar-refractivity contribution in [3.63, 3.8) is 0 Å². The number of nitrogens with zero attached hydrogens (tertiary/aromatic N) is 1. The minimum atomic E-state index is -0.805. The van der Waals surface area contributed by atoms with Gasteiger partial charge in [-0.25, -0.2) is 0 Å². The lowest BCUT2D eigenvalue weighted by Crippen LogP contribution is -2.53. The molecule has 2 atom stereocenters. The maximum absolute atomic E-state index is 13.3. The summed E-state index contributed by atoms with van der Waals surface area (Å²) in [6.07, 6.45) is 5.65. The molecule has 5 heteroatoms. The molecule has 2 fully saturated rings. The van der Waals surface area contributed by atoms with Crippen molar-refractivity contribution in [3.05, 3.63) is 71.8 Å². The standard InChI is InChI=1S/C27H34N2O3/c1-20(30)32-26(27(31)28-24-15-16-24)25(17-21-13-8-14-21)29(18-22-9-4-2-5-10-22)19-23-11-6-3-7-12-23/h2-7,9-12,21,24-26H,8,13-19H2,1H3,(H,28,31)/t25-,26?/m0/s1. The van der Waals surface area contributed by atoms with Crippen molar-refractivity contribution in [1.29, 1.82) is 0 Å². The van der Waals surface area contributed by atoms with E-state index >= 15 is 0 Å². The molecule has 0 bridgehead atoms. The van der Waals surface area contributed by atoms with E-state index in [2.05, 4.69) is 34.5 Å². The van der Waals surface area contributed by atoms with Crippen molar-refractivity contribution >= 4 is 11.9 Å². The highest BCUT2D eigenvalue weighted by atomic mass is 16.5. The molecule has 0 saturated heterocycles. The zero-order valence-electron chi connectivity index (χ0n) is 18.9. The summed E-state index contributed by atoms with van der Waals surface area (Å²) in [5.41, 5.74) is 2.37. The van der Waals surface area contributed by atoms with E-state index in [1.165, 1.54) is 37.3 Å². The van der Waals surface area contributed by atoms with Crippen molar-refractivity contribution < 1.29 is 14.3 Å². The Labute approximate surface area is 191 Å². The molecule has 0 spiro atoms. The Kier molecular flexibility index (Phi) is 7.59. The van der Waals surface area contributed by atoms with Crippen LogP contribution >= 0.6 is 0 Å². The van der Waals surface area contributed by atoms with E-state index in [0.29, 0.717) is 19.0 Å². The average molecular weight is 435 g/mol. The molecule has 5 nitrogen and oxygen atoms in total. The number of carbonyl (C=O) groups is 2. The molecule has 1 N–H and O–H groups in total. The Bertz CT molecular complexity index is 837. The summed E-state index contributed by atoms with van der Waals surface area (Å²) in [6, 6.07) is 20.7. The van der Waals surface area contributed by atoms with Gasteiger partial charge in [0.1, 0.15) is 0 Å². The minimum Gasteiger partial charge on any atom is -0.451 e. The maximum Gasteiger partial charge on any atom is 0.303 e. The van der Waals surface area contributed by atoms with Crippen LogP contribution in [0.5, 0.6) is 0 Å². The second-order valence-corrected chi connectivity index (χ2v) is 9.29. The van der Waals surface area contributed by atoms with E-state index in [9.17, 15) is 9.59 Å². The molecule has 1 unspecified atom stereocenters. The van der Waals surface area contributed by atoms with Crippen LogP contribution in [0.1, 0.15) is 56.6 Å². The predicted molar refractivity (Wildman–Crippen MR) is 125 cm³/mol. The molecule has 0 aromatic heterocycles. The van der Waals surface area contributed by atoms with Gasteiger partial charge in [0, 0.05) is 26.1 Å². The highest BCUT2D eigenvalue weighted by molar-refractivity contribution is 5.84. The third kappa shape index (κ3) is 6.42. The molecule has 0 radical (unpaired) electrons. The van der Waals surface area contributed by atoms with Gasteiger partial charge in [0.05, 0.1) is 6.04 Å². The first-order chi connectivity index (χ1) is 15.6. The van der Waals surface area contributed by atoms with Crippen LogP contribution in [0.2, 0.25) is 0 Å². The third-order valence-corrected chi connectivity index (χ3v) is 6.55. The summed E-state index contributed by atoms with van der Waals surface area (Å²) >= 11 is 0. The van der Waals surface area contributed by atoms with E-state index in [1.807, 2.05) is 36.4 Å². The van der Waals surface area contributed by atoms with Crippen LogP contribution in [-0.2, 0) is 27.4 Å². The molecule has 2 saturated carbocycles. The molecule has 1 amide bonds. The first kappa shape index (κ1) is 22.5. The molecule has 2 aromatic carbocycles. The first-order valence-electron chi connectivity index (χ1n) is 11.9. The van der Waals surface area contributed by atoms with Gasteiger partial charge in [-0.15, -0.1) is 0 Å². The van der Waals surface area contributed by atoms with Crippen LogP contribution in [0.4, 0.5) is 0 Å². The van der Waals surface area contributed by atoms with Crippen LogP contribution in [0.25, 0.3) is 0 Å². The second kappa shape index (κ2) is 10.8. The summed E-state index contributed by atoms with van der Waals surface area (Å²) in [7, 11) is 0. The van der Waals surface area contributed by atoms with Gasteiger partial charge < -0.3 is 10.1 Å². The van der Waals surface area contributed by atoms with Gasteiger partial charge in [-0.3, -0.25) is 14.5 Å². The first-order valence-corrected chi connectivity index (χ1v) is 11.9. The molecule has 2 aromatic rings. The van der Waals surface area contributed by atoms with E-state index < -0.39 is 12.1 Å². The average Bonchev–Trinajstić information content (AvgIpc) is 3.57. The van der Waals surface area contributed by atoms with Gasteiger partial charge in [0.2, 0.25) is 0 Å². The largest absolute Gasteiger partial charge is 0.451 e. The topological polar surface area (TPSA) is 58.6 Å². The Morgan fingerprint density at radius 2 is 1.50 bits per heavy atom. The van der Waals surface area contributed by atoms with Crippen molar-refractivity contribution in [2.45, 2.75) is 76.7 Å². The predicted octanol–water partition coefficient (Wildman–Crippen LogP) is 4.46. The molecule has 0 heterocycles.